The summed E-state index contributed by atoms with van der Waals surface area (Å²) in [6.45, 7) is 1.91. The summed E-state index contributed by atoms with van der Waals surface area (Å²) in [5.41, 5.74) is 0.520. The normalized spacial score (nSPS) is 21.5. The molecule has 0 spiro atoms. The van der Waals surface area contributed by atoms with E-state index < -0.39 is 17.3 Å². The van der Waals surface area contributed by atoms with Crippen LogP contribution in [0.2, 0.25) is 0 Å². The van der Waals surface area contributed by atoms with Crippen LogP contribution in [0.1, 0.15) is 36.8 Å². The lowest BCUT2D eigenvalue weighted by atomic mass is 9.68. The van der Waals surface area contributed by atoms with Crippen molar-refractivity contribution in [3.05, 3.63) is 35.4 Å². The van der Waals surface area contributed by atoms with Gasteiger partial charge in [0.2, 0.25) is 5.92 Å². The first kappa shape index (κ1) is 13.0. The number of benzene rings is 1. The molecule has 4 heteroatoms. The third-order valence-electron chi connectivity index (χ3n) is 3.85. The third-order valence-corrected chi connectivity index (χ3v) is 3.85. The van der Waals surface area contributed by atoms with Crippen LogP contribution in [0.3, 0.4) is 0 Å². The molecule has 18 heavy (non-hydrogen) atoms. The van der Waals surface area contributed by atoms with Gasteiger partial charge in [0.15, 0.2) is 0 Å². The maximum absolute atomic E-state index is 13.2. The fourth-order valence-corrected chi connectivity index (χ4v) is 2.54. The van der Waals surface area contributed by atoms with Crippen LogP contribution in [0.5, 0.6) is 0 Å². The summed E-state index contributed by atoms with van der Waals surface area (Å²) in [6, 6.07) is 7.14. The van der Waals surface area contributed by atoms with E-state index in [1.165, 1.54) is 0 Å². The Morgan fingerprint density at radius 1 is 1.11 bits per heavy atom. The number of carboxylic acid groups (broad SMARTS) is 1. The summed E-state index contributed by atoms with van der Waals surface area (Å²) >= 11 is 0. The molecule has 1 saturated carbocycles. The van der Waals surface area contributed by atoms with E-state index in [1.54, 1.807) is 12.1 Å². The van der Waals surface area contributed by atoms with Crippen LogP contribution in [0.15, 0.2) is 24.3 Å². The molecule has 0 unspecified atom stereocenters. The Morgan fingerprint density at radius 3 is 2.06 bits per heavy atom. The second-order valence-corrected chi connectivity index (χ2v) is 5.11. The molecule has 0 radical (unpaired) electrons. The Bertz CT molecular complexity index is 441. The predicted molar refractivity (Wildman–Crippen MR) is 63.9 cm³/mol. The van der Waals surface area contributed by atoms with Crippen LogP contribution >= 0.6 is 0 Å². The minimum absolute atomic E-state index is 0.00159. The number of carbonyl (C=O) groups is 1. The Morgan fingerprint density at radius 2 is 1.61 bits per heavy atom. The van der Waals surface area contributed by atoms with Gasteiger partial charge in [0.05, 0.1) is 5.41 Å². The first-order valence-corrected chi connectivity index (χ1v) is 6.04. The molecule has 0 amide bonds. The molecule has 1 fully saturated rings. The number of aliphatic carboxylic acids is 1. The molecule has 1 N–H and O–H groups in total. The first-order chi connectivity index (χ1) is 8.36. The second-order valence-electron chi connectivity index (χ2n) is 5.11. The molecule has 0 bridgehead atoms. The fourth-order valence-electron chi connectivity index (χ4n) is 2.54. The second kappa shape index (κ2) is 4.34. The summed E-state index contributed by atoms with van der Waals surface area (Å²) in [4.78, 5) is 11.5. The standard InChI is InChI=1S/C14H16F2O2/c1-10-2-4-11(5-3-10)13(12(17)18)6-8-14(15,16)9-7-13/h2-5H,6-9H2,1H3,(H,17,18). The van der Waals surface area contributed by atoms with E-state index in [0.717, 1.165) is 5.56 Å². The van der Waals surface area contributed by atoms with Crippen LogP contribution in [0.4, 0.5) is 8.78 Å². The predicted octanol–water partition coefficient (Wildman–Crippen LogP) is 3.53. The summed E-state index contributed by atoms with van der Waals surface area (Å²) in [7, 11) is 0. The highest BCUT2D eigenvalue weighted by molar-refractivity contribution is 5.81. The molecule has 0 atom stereocenters. The van der Waals surface area contributed by atoms with Crippen LogP contribution in [0, 0.1) is 6.92 Å². The summed E-state index contributed by atoms with van der Waals surface area (Å²) in [5, 5.41) is 9.44. The van der Waals surface area contributed by atoms with Gasteiger partial charge in [0.25, 0.3) is 0 Å². The van der Waals surface area contributed by atoms with Gasteiger partial charge in [-0.2, -0.15) is 0 Å². The maximum Gasteiger partial charge on any atom is 0.314 e. The highest BCUT2D eigenvalue weighted by atomic mass is 19.3. The van der Waals surface area contributed by atoms with Gasteiger partial charge in [-0.05, 0) is 25.3 Å². The molecular formula is C14H16F2O2. The molecule has 0 heterocycles. The highest BCUT2D eigenvalue weighted by Gasteiger charge is 2.48. The fraction of sp³-hybridized carbons (Fsp3) is 0.500. The smallest absolute Gasteiger partial charge is 0.314 e. The zero-order valence-corrected chi connectivity index (χ0v) is 10.2. The maximum atomic E-state index is 13.2. The van der Waals surface area contributed by atoms with E-state index in [4.69, 9.17) is 0 Å². The lowest BCUT2D eigenvalue weighted by Crippen LogP contribution is -2.42. The van der Waals surface area contributed by atoms with E-state index in [0.29, 0.717) is 5.56 Å². The number of halogens is 2. The molecule has 0 aliphatic heterocycles. The van der Waals surface area contributed by atoms with Crippen molar-refractivity contribution in [1.29, 1.82) is 0 Å². The van der Waals surface area contributed by atoms with Crippen molar-refractivity contribution in [1.82, 2.24) is 0 Å². The Hall–Kier alpha value is -1.45. The molecule has 0 aromatic heterocycles. The van der Waals surface area contributed by atoms with Gasteiger partial charge in [-0.3, -0.25) is 4.79 Å². The van der Waals surface area contributed by atoms with E-state index in [-0.39, 0.29) is 25.7 Å². The average Bonchev–Trinajstić information content (AvgIpc) is 2.30. The van der Waals surface area contributed by atoms with Crippen LogP contribution in [0.25, 0.3) is 0 Å². The Kier molecular flexibility index (Phi) is 3.13. The Balaban J connectivity index is 2.34. The number of aryl methyl sites for hydroxylation is 1. The summed E-state index contributed by atoms with van der Waals surface area (Å²) in [5.74, 6) is -3.72. The molecular weight excluding hydrogens is 238 g/mol. The van der Waals surface area contributed by atoms with Gasteiger partial charge in [0.1, 0.15) is 0 Å². The molecule has 1 aromatic carbocycles. The third kappa shape index (κ3) is 2.24. The van der Waals surface area contributed by atoms with Gasteiger partial charge in [0, 0.05) is 12.8 Å². The lowest BCUT2D eigenvalue weighted by Gasteiger charge is -2.37. The van der Waals surface area contributed by atoms with Crippen molar-refractivity contribution in [2.24, 2.45) is 0 Å². The van der Waals surface area contributed by atoms with E-state index in [2.05, 4.69) is 0 Å². The number of alkyl halides is 2. The first-order valence-electron chi connectivity index (χ1n) is 6.04. The van der Waals surface area contributed by atoms with Crippen molar-refractivity contribution in [2.75, 3.05) is 0 Å². The van der Waals surface area contributed by atoms with Gasteiger partial charge in [-0.15, -0.1) is 0 Å². The minimum Gasteiger partial charge on any atom is -0.481 e. The monoisotopic (exact) mass is 254 g/mol. The largest absolute Gasteiger partial charge is 0.481 e. The van der Waals surface area contributed by atoms with Crippen LogP contribution < -0.4 is 0 Å². The molecule has 1 aliphatic carbocycles. The van der Waals surface area contributed by atoms with Crippen LogP contribution in [-0.2, 0) is 10.2 Å². The van der Waals surface area contributed by atoms with E-state index in [9.17, 15) is 18.7 Å². The quantitative estimate of drug-likeness (QED) is 0.876. The zero-order valence-electron chi connectivity index (χ0n) is 10.2. The molecule has 0 saturated heterocycles. The lowest BCUT2D eigenvalue weighted by molar-refractivity contribution is -0.149. The molecule has 2 rings (SSSR count). The zero-order chi connectivity index (χ0) is 13.4. The van der Waals surface area contributed by atoms with Crippen molar-refractivity contribution < 1.29 is 18.7 Å². The Labute approximate surface area is 105 Å². The van der Waals surface area contributed by atoms with E-state index >= 15 is 0 Å². The molecule has 98 valence electrons. The number of hydrogen-bond donors (Lipinski definition) is 1. The van der Waals surface area contributed by atoms with Crippen molar-refractivity contribution in [2.45, 2.75) is 43.9 Å². The van der Waals surface area contributed by atoms with Gasteiger partial charge in [-0.25, -0.2) is 8.78 Å². The minimum atomic E-state index is -2.72. The van der Waals surface area contributed by atoms with Gasteiger partial charge >= 0.3 is 5.97 Å². The van der Waals surface area contributed by atoms with Crippen molar-refractivity contribution in [3.8, 4) is 0 Å². The van der Waals surface area contributed by atoms with Gasteiger partial charge < -0.3 is 5.11 Å². The van der Waals surface area contributed by atoms with Gasteiger partial charge in [-0.1, -0.05) is 29.8 Å². The summed E-state index contributed by atoms with van der Waals surface area (Å²) in [6.07, 6.45) is -0.711. The number of rotatable bonds is 2. The molecule has 1 aromatic rings. The van der Waals surface area contributed by atoms with Crippen molar-refractivity contribution in [3.63, 3.8) is 0 Å². The van der Waals surface area contributed by atoms with Crippen molar-refractivity contribution >= 4 is 5.97 Å². The highest BCUT2D eigenvalue weighted by Crippen LogP contribution is 2.45. The van der Waals surface area contributed by atoms with Crippen LogP contribution in [-0.4, -0.2) is 17.0 Å². The molecule has 2 nitrogen and oxygen atoms in total. The summed E-state index contributed by atoms with van der Waals surface area (Å²) < 4.78 is 26.4. The topological polar surface area (TPSA) is 37.3 Å². The number of carboxylic acids is 1. The molecule has 1 aliphatic rings. The number of hydrogen-bond acceptors (Lipinski definition) is 1. The average molecular weight is 254 g/mol. The SMILES string of the molecule is Cc1ccc(C2(C(=O)O)CCC(F)(F)CC2)cc1. The van der Waals surface area contributed by atoms with E-state index in [1.807, 2.05) is 19.1 Å².